The molecule has 0 unspecified atom stereocenters. The highest BCUT2D eigenvalue weighted by atomic mass is 31.2. The van der Waals surface area contributed by atoms with E-state index in [2.05, 4.69) is 110 Å². The van der Waals surface area contributed by atoms with Crippen molar-refractivity contribution in [2.75, 3.05) is 26.8 Å². The number of rotatable bonds is 6. The summed E-state index contributed by atoms with van der Waals surface area (Å²) in [6, 6.07) is 33.2. The highest BCUT2D eigenvalue weighted by Gasteiger charge is 2.44. The van der Waals surface area contributed by atoms with Crippen molar-refractivity contribution in [3.63, 3.8) is 0 Å². The molecule has 0 atom stereocenters. The standard InChI is InChI=1S/C22H25NP.CH2O3/c1-23(2)18-19-24(20-12-6-3-7-13-20,21-14-8-4-9-15-21)22-16-10-5-11-17-22;2-1(3)4/h3-17H,18-19H2,1-2H3;(H2,2,3,4)/q+1;. The second kappa shape index (κ2) is 10.6. The van der Waals surface area contributed by atoms with Crippen LogP contribution >= 0.6 is 7.26 Å². The molecular formula is C23H27NO3P+. The van der Waals surface area contributed by atoms with Crippen molar-refractivity contribution >= 4 is 29.3 Å². The molecule has 3 aromatic carbocycles. The third kappa shape index (κ3) is 5.66. The van der Waals surface area contributed by atoms with E-state index in [1.807, 2.05) is 0 Å². The summed E-state index contributed by atoms with van der Waals surface area (Å²) in [5.41, 5.74) is 0. The summed E-state index contributed by atoms with van der Waals surface area (Å²) in [4.78, 5) is 10.9. The van der Waals surface area contributed by atoms with E-state index in [-0.39, 0.29) is 0 Å². The molecule has 2 N–H and O–H groups in total. The summed E-state index contributed by atoms with van der Waals surface area (Å²) in [7, 11) is 2.68. The fourth-order valence-corrected chi connectivity index (χ4v) is 7.64. The first-order valence-electron chi connectivity index (χ1n) is 9.08. The number of hydrogen-bond donors (Lipinski definition) is 2. The molecular weight excluding hydrogens is 369 g/mol. The quantitative estimate of drug-likeness (QED) is 0.623. The Morgan fingerprint density at radius 2 is 1.00 bits per heavy atom. The molecule has 0 radical (unpaired) electrons. The first kappa shape index (κ1) is 21.6. The molecule has 0 aliphatic rings. The van der Waals surface area contributed by atoms with E-state index < -0.39 is 13.4 Å². The van der Waals surface area contributed by atoms with Gasteiger partial charge in [-0.05, 0) is 50.5 Å². The lowest BCUT2D eigenvalue weighted by molar-refractivity contribution is 0.137. The highest BCUT2D eigenvalue weighted by Crippen LogP contribution is 2.54. The molecule has 0 saturated heterocycles. The lowest BCUT2D eigenvalue weighted by atomic mass is 10.4. The van der Waals surface area contributed by atoms with Crippen molar-refractivity contribution in [3.05, 3.63) is 91.0 Å². The van der Waals surface area contributed by atoms with Gasteiger partial charge in [-0.1, -0.05) is 54.6 Å². The minimum atomic E-state index is -1.83. The number of carbonyl (C=O) groups is 1. The third-order valence-electron chi connectivity index (χ3n) is 4.47. The molecule has 0 saturated carbocycles. The summed E-state index contributed by atoms with van der Waals surface area (Å²) >= 11 is 0. The summed E-state index contributed by atoms with van der Waals surface area (Å²) in [6.45, 7) is 1.08. The van der Waals surface area contributed by atoms with Crippen LogP contribution < -0.4 is 15.9 Å². The molecule has 3 rings (SSSR count). The van der Waals surface area contributed by atoms with Crippen LogP contribution in [0.4, 0.5) is 4.79 Å². The van der Waals surface area contributed by atoms with Gasteiger partial charge in [-0.25, -0.2) is 4.79 Å². The molecule has 5 heteroatoms. The average molecular weight is 396 g/mol. The molecule has 28 heavy (non-hydrogen) atoms. The van der Waals surface area contributed by atoms with Crippen LogP contribution in [0, 0.1) is 0 Å². The normalized spacial score (nSPS) is 10.8. The Morgan fingerprint density at radius 3 is 1.25 bits per heavy atom. The van der Waals surface area contributed by atoms with Gasteiger partial charge in [-0.3, -0.25) is 0 Å². The van der Waals surface area contributed by atoms with Crippen LogP contribution in [0.25, 0.3) is 0 Å². The van der Waals surface area contributed by atoms with Gasteiger partial charge in [0.1, 0.15) is 23.2 Å². The van der Waals surface area contributed by atoms with E-state index in [0.29, 0.717) is 0 Å². The molecule has 0 aromatic heterocycles. The van der Waals surface area contributed by atoms with Crippen molar-refractivity contribution in [2.45, 2.75) is 0 Å². The number of carboxylic acid groups (broad SMARTS) is 2. The van der Waals surface area contributed by atoms with E-state index in [0.717, 1.165) is 12.7 Å². The van der Waals surface area contributed by atoms with E-state index in [1.165, 1.54) is 15.9 Å². The summed E-state index contributed by atoms with van der Waals surface area (Å²) in [5.74, 6) is 0. The van der Waals surface area contributed by atoms with Crippen LogP contribution in [-0.4, -0.2) is 48.1 Å². The van der Waals surface area contributed by atoms with Crippen LogP contribution in [0.15, 0.2) is 91.0 Å². The van der Waals surface area contributed by atoms with Gasteiger partial charge in [0.25, 0.3) is 0 Å². The van der Waals surface area contributed by atoms with Crippen molar-refractivity contribution in [3.8, 4) is 0 Å². The fourth-order valence-electron chi connectivity index (χ4n) is 3.23. The Kier molecular flexibility index (Phi) is 8.19. The fraction of sp³-hybridized carbons (Fsp3) is 0.174. The summed E-state index contributed by atoms with van der Waals surface area (Å²) in [6.07, 6.45) is -0.682. The molecule has 0 amide bonds. The third-order valence-corrected chi connectivity index (χ3v) is 8.88. The number of nitrogens with zero attached hydrogens (tertiary/aromatic N) is 1. The lowest BCUT2D eigenvalue weighted by Crippen LogP contribution is -2.36. The molecule has 4 nitrogen and oxygen atoms in total. The molecule has 0 aliphatic heterocycles. The monoisotopic (exact) mass is 396 g/mol. The minimum Gasteiger partial charge on any atom is -0.450 e. The van der Waals surface area contributed by atoms with E-state index in [1.54, 1.807) is 0 Å². The van der Waals surface area contributed by atoms with Gasteiger partial charge in [-0.15, -0.1) is 0 Å². The average Bonchev–Trinajstić information content (AvgIpc) is 2.70. The Bertz CT molecular complexity index is 739. The van der Waals surface area contributed by atoms with Crippen molar-refractivity contribution < 1.29 is 15.0 Å². The predicted octanol–water partition coefficient (Wildman–Crippen LogP) is 3.76. The van der Waals surface area contributed by atoms with Gasteiger partial charge in [0.05, 0.1) is 6.16 Å². The Balaban J connectivity index is 0.000000640. The van der Waals surface area contributed by atoms with Crippen LogP contribution in [0.3, 0.4) is 0 Å². The Hall–Kier alpha value is -2.68. The first-order chi connectivity index (χ1) is 13.5. The van der Waals surface area contributed by atoms with Crippen LogP contribution in [-0.2, 0) is 0 Å². The Morgan fingerprint density at radius 1 is 0.714 bits per heavy atom. The predicted molar refractivity (Wildman–Crippen MR) is 119 cm³/mol. The molecule has 3 aromatic rings. The van der Waals surface area contributed by atoms with Crippen molar-refractivity contribution in [1.82, 2.24) is 4.90 Å². The lowest BCUT2D eigenvalue weighted by Gasteiger charge is -2.28. The van der Waals surface area contributed by atoms with E-state index >= 15 is 0 Å². The molecule has 0 aliphatic carbocycles. The van der Waals surface area contributed by atoms with Gasteiger partial charge in [0, 0.05) is 6.54 Å². The maximum atomic E-state index is 8.56. The largest absolute Gasteiger partial charge is 0.503 e. The zero-order valence-electron chi connectivity index (χ0n) is 16.3. The second-order valence-electron chi connectivity index (χ2n) is 6.63. The SMILES string of the molecule is CN(C)CC[P+](c1ccccc1)(c1ccccc1)c1ccccc1.O=C(O)O. The molecule has 0 spiro atoms. The topological polar surface area (TPSA) is 60.8 Å². The zero-order chi connectivity index (χ0) is 20.4. The van der Waals surface area contributed by atoms with E-state index in [4.69, 9.17) is 15.0 Å². The Labute approximate surface area is 167 Å². The molecule has 0 bridgehead atoms. The summed E-state index contributed by atoms with van der Waals surface area (Å²) < 4.78 is 0. The first-order valence-corrected chi connectivity index (χ1v) is 11.1. The smallest absolute Gasteiger partial charge is 0.450 e. The molecule has 0 heterocycles. The van der Waals surface area contributed by atoms with Crippen LogP contribution in [0.1, 0.15) is 0 Å². The number of hydrogen-bond acceptors (Lipinski definition) is 2. The number of benzene rings is 3. The van der Waals surface area contributed by atoms with E-state index in [9.17, 15) is 0 Å². The van der Waals surface area contributed by atoms with Crippen molar-refractivity contribution in [1.29, 1.82) is 0 Å². The zero-order valence-corrected chi connectivity index (χ0v) is 17.2. The van der Waals surface area contributed by atoms with Crippen LogP contribution in [0.5, 0.6) is 0 Å². The molecule has 146 valence electrons. The maximum Gasteiger partial charge on any atom is 0.503 e. The van der Waals surface area contributed by atoms with Gasteiger partial charge >= 0.3 is 6.16 Å². The van der Waals surface area contributed by atoms with Gasteiger partial charge in [0.15, 0.2) is 0 Å². The van der Waals surface area contributed by atoms with Gasteiger partial charge < -0.3 is 15.1 Å². The van der Waals surface area contributed by atoms with Crippen LogP contribution in [0.2, 0.25) is 0 Å². The molecule has 0 fully saturated rings. The highest BCUT2D eigenvalue weighted by molar-refractivity contribution is 7.95. The van der Waals surface area contributed by atoms with Crippen molar-refractivity contribution in [2.24, 2.45) is 0 Å². The van der Waals surface area contributed by atoms with Gasteiger partial charge in [0.2, 0.25) is 0 Å². The maximum absolute atomic E-state index is 8.56. The second-order valence-corrected chi connectivity index (χ2v) is 10.2. The minimum absolute atomic E-state index is 1.08. The summed E-state index contributed by atoms with van der Waals surface area (Å²) in [5, 5.41) is 18.3. The van der Waals surface area contributed by atoms with Gasteiger partial charge in [-0.2, -0.15) is 0 Å².